The summed E-state index contributed by atoms with van der Waals surface area (Å²) in [5.41, 5.74) is -1.82. The molecule has 11 nitrogen and oxygen atoms in total. The lowest BCUT2D eigenvalue weighted by atomic mass is 9.87. The predicted molar refractivity (Wildman–Crippen MR) is 150 cm³/mol. The van der Waals surface area contributed by atoms with E-state index >= 15 is 4.39 Å². The molecule has 4 heterocycles. The fourth-order valence-corrected chi connectivity index (χ4v) is 6.12. The quantitative estimate of drug-likeness (QED) is 0.442. The molecule has 1 aromatic carbocycles. The van der Waals surface area contributed by atoms with Gasteiger partial charge in [-0.25, -0.2) is 14.2 Å². The van der Waals surface area contributed by atoms with Crippen molar-refractivity contribution in [1.29, 1.82) is 5.26 Å². The van der Waals surface area contributed by atoms with Crippen molar-refractivity contribution in [2.24, 2.45) is 0 Å². The number of aromatic nitrogens is 1. The Hall–Kier alpha value is -4.16. The molecule has 2 saturated heterocycles. The summed E-state index contributed by atoms with van der Waals surface area (Å²) < 4.78 is 56.4. The molecule has 3 aliphatic heterocycles. The number of nitrogens with one attached hydrogen (secondary N) is 2. The number of nitrogens with zero attached hydrogens (tertiary/aromatic N) is 6. The Morgan fingerprint density at radius 3 is 2.63 bits per heavy atom. The maximum Gasteiger partial charge on any atom is 0.417 e. The number of rotatable bonds is 5. The average molecular weight is 605 g/mol. The number of halogens is 4. The van der Waals surface area contributed by atoms with Crippen LogP contribution in [0.3, 0.4) is 0 Å². The molecule has 3 N–H and O–H groups in total. The Morgan fingerprint density at radius 2 is 2.00 bits per heavy atom. The monoisotopic (exact) mass is 604 g/mol. The Labute approximate surface area is 245 Å². The van der Waals surface area contributed by atoms with Gasteiger partial charge in [0.25, 0.3) is 0 Å². The van der Waals surface area contributed by atoms with Crippen molar-refractivity contribution in [3.05, 3.63) is 46.9 Å². The molecule has 2 aromatic rings. The summed E-state index contributed by atoms with van der Waals surface area (Å²) in [7, 11) is 1.47. The highest BCUT2D eigenvalue weighted by atomic mass is 19.4. The van der Waals surface area contributed by atoms with Crippen LogP contribution in [0.1, 0.15) is 23.2 Å². The first-order valence-electron chi connectivity index (χ1n) is 13.8. The zero-order valence-electron chi connectivity index (χ0n) is 23.7. The predicted octanol–water partition coefficient (Wildman–Crippen LogP) is 2.71. The summed E-state index contributed by atoms with van der Waals surface area (Å²) in [6.45, 7) is 4.85. The number of benzene rings is 1. The second kappa shape index (κ2) is 11.5. The van der Waals surface area contributed by atoms with Gasteiger partial charge in [0.1, 0.15) is 29.3 Å². The topological polar surface area (TPSA) is 128 Å². The van der Waals surface area contributed by atoms with Gasteiger partial charge in [-0.05, 0) is 31.5 Å². The Balaban J connectivity index is 1.40. The Kier molecular flexibility index (Phi) is 8.10. The molecule has 0 unspecified atom stereocenters. The minimum Gasteiger partial charge on any atom is -0.465 e. The molecule has 15 heteroatoms. The molecule has 230 valence electrons. The largest absolute Gasteiger partial charge is 0.465 e. The molecule has 2 fully saturated rings. The molecule has 1 spiro atoms. The minimum absolute atomic E-state index is 0.0249. The first-order chi connectivity index (χ1) is 20.3. The van der Waals surface area contributed by atoms with Crippen LogP contribution in [0.2, 0.25) is 0 Å². The van der Waals surface area contributed by atoms with Gasteiger partial charge in [0.05, 0.1) is 22.5 Å². The van der Waals surface area contributed by atoms with Crippen LogP contribution in [0.25, 0.3) is 0 Å². The van der Waals surface area contributed by atoms with Gasteiger partial charge in [0, 0.05) is 65.1 Å². The van der Waals surface area contributed by atoms with Crippen LogP contribution >= 0.6 is 0 Å². The van der Waals surface area contributed by atoms with E-state index in [2.05, 4.69) is 20.5 Å². The highest BCUT2D eigenvalue weighted by molar-refractivity contribution is 6.01. The lowest BCUT2D eigenvalue weighted by molar-refractivity contribution is -0.137. The number of anilines is 3. The van der Waals surface area contributed by atoms with E-state index in [1.165, 1.54) is 35.9 Å². The van der Waals surface area contributed by atoms with Crippen LogP contribution < -0.4 is 20.4 Å². The Morgan fingerprint density at radius 1 is 1.26 bits per heavy atom. The van der Waals surface area contributed by atoms with Gasteiger partial charge >= 0.3 is 12.3 Å². The van der Waals surface area contributed by atoms with Gasteiger partial charge in [0.2, 0.25) is 5.91 Å². The summed E-state index contributed by atoms with van der Waals surface area (Å²) in [6.07, 6.45) is -5.68. The van der Waals surface area contributed by atoms with Crippen molar-refractivity contribution in [3.63, 3.8) is 0 Å². The van der Waals surface area contributed by atoms with Gasteiger partial charge in [-0.15, -0.1) is 0 Å². The molecule has 1 atom stereocenters. The molecule has 0 radical (unpaired) electrons. The second-order valence-electron chi connectivity index (χ2n) is 11.2. The number of amides is 2. The third kappa shape index (κ3) is 5.76. The van der Waals surface area contributed by atoms with Crippen molar-refractivity contribution in [3.8, 4) is 6.07 Å². The van der Waals surface area contributed by atoms with E-state index in [0.717, 1.165) is 6.07 Å². The number of alkyl halides is 3. The number of hydrogen-bond donors (Lipinski definition) is 3. The number of aryl methyl sites for hydroxylation is 1. The van der Waals surface area contributed by atoms with Crippen molar-refractivity contribution < 1.29 is 32.3 Å². The van der Waals surface area contributed by atoms with E-state index in [0.29, 0.717) is 51.5 Å². The van der Waals surface area contributed by atoms with E-state index in [1.807, 2.05) is 0 Å². The maximum atomic E-state index is 15.3. The molecule has 0 saturated carbocycles. The maximum absolute atomic E-state index is 15.3. The number of carbonyl (C=O) groups is 2. The van der Waals surface area contributed by atoms with Crippen LogP contribution in [0.5, 0.6) is 0 Å². The summed E-state index contributed by atoms with van der Waals surface area (Å²) in [4.78, 5) is 36.1. The van der Waals surface area contributed by atoms with Gasteiger partial charge < -0.3 is 25.5 Å². The smallest absolute Gasteiger partial charge is 0.417 e. The zero-order valence-corrected chi connectivity index (χ0v) is 23.7. The number of hydrogen-bond acceptors (Lipinski definition) is 8. The van der Waals surface area contributed by atoms with Crippen LogP contribution in [0.15, 0.2) is 24.3 Å². The summed E-state index contributed by atoms with van der Waals surface area (Å²) in [5, 5.41) is 25.2. The third-order valence-electron chi connectivity index (χ3n) is 8.39. The normalized spacial score (nSPS) is 20.6. The lowest BCUT2D eigenvalue weighted by Crippen LogP contribution is -2.77. The van der Waals surface area contributed by atoms with Gasteiger partial charge in [-0.2, -0.15) is 18.4 Å². The number of carboxylic acid groups (broad SMARTS) is 1. The lowest BCUT2D eigenvalue weighted by Gasteiger charge is -2.55. The van der Waals surface area contributed by atoms with Crippen LogP contribution in [0, 0.1) is 24.1 Å². The number of piperazine rings is 1. The van der Waals surface area contributed by atoms with Crippen LogP contribution in [-0.4, -0.2) is 103 Å². The van der Waals surface area contributed by atoms with Gasteiger partial charge in [0.15, 0.2) is 0 Å². The number of likely N-dealkylation sites (N-methyl/N-ethyl adjacent to an activating group) is 1. The van der Waals surface area contributed by atoms with Crippen LogP contribution in [-0.2, 0) is 11.0 Å². The molecule has 0 bridgehead atoms. The summed E-state index contributed by atoms with van der Waals surface area (Å²) >= 11 is 0. The highest BCUT2D eigenvalue weighted by Gasteiger charge is 2.48. The van der Waals surface area contributed by atoms with E-state index in [9.17, 15) is 33.1 Å². The molecule has 3 aliphatic rings. The summed E-state index contributed by atoms with van der Waals surface area (Å²) in [6, 6.07) is 5.68. The highest BCUT2D eigenvalue weighted by Crippen LogP contribution is 2.37. The van der Waals surface area contributed by atoms with E-state index in [4.69, 9.17) is 0 Å². The average Bonchev–Trinajstić information content (AvgIpc) is 2.93. The molecule has 5 rings (SSSR count). The first-order valence-corrected chi connectivity index (χ1v) is 13.8. The molecule has 0 aliphatic carbocycles. The number of pyridine rings is 1. The third-order valence-corrected chi connectivity index (χ3v) is 8.39. The number of para-hydroxylation sites is 1. The summed E-state index contributed by atoms with van der Waals surface area (Å²) in [5.74, 6) is -1.39. The van der Waals surface area contributed by atoms with Crippen molar-refractivity contribution in [2.45, 2.75) is 31.1 Å². The van der Waals surface area contributed by atoms with E-state index in [-0.39, 0.29) is 30.2 Å². The molecule has 2 amide bonds. The molecule has 1 aromatic heterocycles. The second-order valence-corrected chi connectivity index (χ2v) is 11.2. The van der Waals surface area contributed by atoms with Crippen LogP contribution in [0.4, 0.5) is 39.5 Å². The fourth-order valence-electron chi connectivity index (χ4n) is 6.12. The Bertz CT molecular complexity index is 1460. The number of fused-ring (bicyclic) bond motifs is 1. The number of carbonyl (C=O) groups excluding carboxylic acids is 1. The molecular formula is C28H32F4N8O3. The van der Waals surface area contributed by atoms with E-state index < -0.39 is 46.7 Å². The van der Waals surface area contributed by atoms with Crippen molar-refractivity contribution in [1.82, 2.24) is 20.1 Å². The standard InChI is InChI=1S/C28H32F4N8O3/c1-17-12-19(28(30,31)32)18(13-33)24(35-17)36-21-6-7-39(23-20(29)4-3-5-22(23)37(2)25(21)41)10-8-38-9-11-40(26(42)43)27(16-38)14-34-15-27/h3-5,12,21,34H,6-11,14-16H2,1-2H3,(H,35,36)(H,42,43)/t21-/m0/s1. The van der Waals surface area contributed by atoms with Gasteiger partial charge in [-0.3, -0.25) is 14.6 Å². The van der Waals surface area contributed by atoms with Crippen molar-refractivity contribution in [2.75, 3.05) is 74.5 Å². The van der Waals surface area contributed by atoms with Gasteiger partial charge in [-0.1, -0.05) is 6.07 Å². The molecular weight excluding hydrogens is 572 g/mol. The SMILES string of the molecule is Cc1cc(C(F)(F)F)c(C#N)c(N[C@H]2CCN(CCN3CCN(C(=O)O)C4(CNC4)C3)c3c(F)cccc3N(C)C2=O)n1. The zero-order chi connectivity index (χ0) is 31.1. The molecule has 43 heavy (non-hydrogen) atoms. The van der Waals surface area contributed by atoms with Crippen molar-refractivity contribution >= 4 is 29.2 Å². The first kappa shape index (κ1) is 30.3. The fraction of sp³-hybridized carbons (Fsp3) is 0.500. The number of nitriles is 1. The minimum atomic E-state index is -4.80. The van der Waals surface area contributed by atoms with E-state index in [1.54, 1.807) is 17.0 Å².